The van der Waals surface area contributed by atoms with Crippen LogP contribution in [0.1, 0.15) is 20.8 Å². The first-order chi connectivity index (χ1) is 14.2. The highest BCUT2D eigenvalue weighted by atomic mass is 32.2. The van der Waals surface area contributed by atoms with Gasteiger partial charge in [0, 0.05) is 25.8 Å². The zero-order valence-electron chi connectivity index (χ0n) is 17.2. The van der Waals surface area contributed by atoms with Gasteiger partial charge in [0.25, 0.3) is 15.9 Å². The predicted molar refractivity (Wildman–Crippen MR) is 115 cm³/mol. The summed E-state index contributed by atoms with van der Waals surface area (Å²) in [7, 11) is -2.54. The van der Waals surface area contributed by atoms with E-state index in [1.54, 1.807) is 11.0 Å². The maximum Gasteiger partial charge on any atom is 0.264 e. The number of sulfonamides is 1. The number of likely N-dealkylation sites (N-methyl/N-ethyl adjacent to an activating group) is 1. The van der Waals surface area contributed by atoms with Crippen LogP contribution in [0.25, 0.3) is 0 Å². The first-order valence-electron chi connectivity index (χ1n) is 9.49. The molecule has 2 aromatic rings. The lowest BCUT2D eigenvalue weighted by atomic mass is 10.1. The molecule has 0 radical (unpaired) electrons. The molecule has 8 nitrogen and oxygen atoms in total. The largest absolute Gasteiger partial charge is 0.378 e. The zero-order chi connectivity index (χ0) is 21.9. The van der Waals surface area contributed by atoms with Crippen molar-refractivity contribution < 1.29 is 22.7 Å². The number of aryl methyl sites for hydroxylation is 2. The Bertz CT molecular complexity index is 1040. The summed E-state index contributed by atoms with van der Waals surface area (Å²) in [5.41, 5.74) is 2.62. The van der Waals surface area contributed by atoms with E-state index in [2.05, 4.69) is 5.32 Å². The fraction of sp³-hybridized carbons (Fsp3) is 0.400. The summed E-state index contributed by atoms with van der Waals surface area (Å²) in [5, 5.41) is 2.74. The van der Waals surface area contributed by atoms with Crippen LogP contribution in [-0.4, -0.2) is 69.3 Å². The Kier molecular flexibility index (Phi) is 6.91. The van der Waals surface area contributed by atoms with E-state index in [0.717, 1.165) is 26.8 Å². The van der Waals surface area contributed by atoms with E-state index in [9.17, 15) is 18.0 Å². The SMILES string of the molecule is Cc1ccc(NC(=O)CN(C)S(=O)(=O)c2ccc(C(=O)N3CCOCC3)s2)c(C)c1. The molecule has 0 bridgehead atoms. The molecule has 1 aromatic heterocycles. The molecule has 10 heteroatoms. The van der Waals surface area contributed by atoms with Crippen LogP contribution in [0.3, 0.4) is 0 Å². The van der Waals surface area contributed by atoms with E-state index in [1.807, 2.05) is 26.0 Å². The van der Waals surface area contributed by atoms with Gasteiger partial charge < -0.3 is 15.0 Å². The summed E-state index contributed by atoms with van der Waals surface area (Å²) in [4.78, 5) is 26.9. The first kappa shape index (κ1) is 22.4. The number of thiophene rings is 1. The molecule has 1 N–H and O–H groups in total. The lowest BCUT2D eigenvalue weighted by molar-refractivity contribution is -0.116. The summed E-state index contributed by atoms with van der Waals surface area (Å²) in [6, 6.07) is 8.53. The molecule has 0 saturated carbocycles. The van der Waals surface area contributed by atoms with Crippen molar-refractivity contribution in [2.24, 2.45) is 0 Å². The molecule has 0 aliphatic carbocycles. The van der Waals surface area contributed by atoms with Gasteiger partial charge in [-0.05, 0) is 37.6 Å². The molecule has 0 spiro atoms. The third kappa shape index (κ3) is 5.07. The molecular formula is C20H25N3O5S2. The number of nitrogens with zero attached hydrogens (tertiary/aromatic N) is 2. The fourth-order valence-electron chi connectivity index (χ4n) is 3.08. The smallest absolute Gasteiger partial charge is 0.264 e. The minimum absolute atomic E-state index is 0.0286. The summed E-state index contributed by atoms with van der Waals surface area (Å²) < 4.78 is 32.0. The number of carbonyl (C=O) groups excluding carboxylic acids is 2. The van der Waals surface area contributed by atoms with Gasteiger partial charge in [-0.1, -0.05) is 17.7 Å². The molecule has 2 amide bonds. The average molecular weight is 452 g/mol. The van der Waals surface area contributed by atoms with Gasteiger partial charge in [-0.2, -0.15) is 4.31 Å². The second-order valence-corrected chi connectivity index (χ2v) is 10.5. The van der Waals surface area contributed by atoms with Crippen molar-refractivity contribution in [3.63, 3.8) is 0 Å². The highest BCUT2D eigenvalue weighted by molar-refractivity contribution is 7.91. The van der Waals surface area contributed by atoms with Gasteiger partial charge in [-0.25, -0.2) is 8.42 Å². The number of benzene rings is 1. The summed E-state index contributed by atoms with van der Waals surface area (Å²) in [5.74, 6) is -0.644. The average Bonchev–Trinajstić information content (AvgIpc) is 3.21. The van der Waals surface area contributed by atoms with Crippen molar-refractivity contribution in [3.05, 3.63) is 46.3 Å². The molecule has 1 aliphatic heterocycles. The second kappa shape index (κ2) is 9.25. The van der Waals surface area contributed by atoms with E-state index < -0.39 is 15.9 Å². The number of rotatable bonds is 6. The van der Waals surface area contributed by atoms with Gasteiger partial charge in [0.15, 0.2) is 0 Å². The van der Waals surface area contributed by atoms with E-state index in [0.29, 0.717) is 36.9 Å². The standard InChI is InChI=1S/C20H25N3O5S2/c1-14-4-5-16(15(2)12-14)21-18(24)13-22(3)30(26,27)19-7-6-17(29-19)20(25)23-8-10-28-11-9-23/h4-7,12H,8-11,13H2,1-3H3,(H,21,24). The lowest BCUT2D eigenvalue weighted by Gasteiger charge is -2.26. The molecule has 1 fully saturated rings. The van der Waals surface area contributed by atoms with Crippen molar-refractivity contribution in [3.8, 4) is 0 Å². The summed E-state index contributed by atoms with van der Waals surface area (Å²) in [6.07, 6.45) is 0. The first-order valence-corrected chi connectivity index (χ1v) is 11.7. The molecule has 1 saturated heterocycles. The Morgan fingerprint density at radius 3 is 2.53 bits per heavy atom. The maximum atomic E-state index is 12.9. The van der Waals surface area contributed by atoms with Gasteiger partial charge in [0.1, 0.15) is 4.21 Å². The highest BCUT2D eigenvalue weighted by Gasteiger charge is 2.27. The van der Waals surface area contributed by atoms with Crippen LogP contribution in [0.4, 0.5) is 5.69 Å². The van der Waals surface area contributed by atoms with Gasteiger partial charge in [-0.3, -0.25) is 9.59 Å². The van der Waals surface area contributed by atoms with E-state index in [-0.39, 0.29) is 16.7 Å². The summed E-state index contributed by atoms with van der Waals surface area (Å²) in [6.45, 7) is 5.41. The van der Waals surface area contributed by atoms with Crippen molar-refractivity contribution in [2.45, 2.75) is 18.1 Å². The van der Waals surface area contributed by atoms with E-state index in [4.69, 9.17) is 4.74 Å². The maximum absolute atomic E-state index is 12.9. The van der Waals surface area contributed by atoms with Gasteiger partial charge in [0.2, 0.25) is 5.91 Å². The van der Waals surface area contributed by atoms with Crippen LogP contribution in [0.15, 0.2) is 34.5 Å². The van der Waals surface area contributed by atoms with Gasteiger partial charge in [-0.15, -0.1) is 11.3 Å². The van der Waals surface area contributed by atoms with Crippen molar-refractivity contribution in [2.75, 3.05) is 45.2 Å². The van der Waals surface area contributed by atoms with Gasteiger partial charge >= 0.3 is 0 Å². The molecule has 0 atom stereocenters. The highest BCUT2D eigenvalue weighted by Crippen LogP contribution is 2.26. The van der Waals surface area contributed by atoms with Gasteiger partial charge in [0.05, 0.1) is 24.6 Å². The number of hydrogen-bond donors (Lipinski definition) is 1. The molecule has 2 heterocycles. The van der Waals surface area contributed by atoms with Crippen LogP contribution in [0, 0.1) is 13.8 Å². The number of carbonyl (C=O) groups is 2. The minimum Gasteiger partial charge on any atom is -0.378 e. The third-order valence-electron chi connectivity index (χ3n) is 4.78. The number of amides is 2. The minimum atomic E-state index is -3.89. The molecule has 162 valence electrons. The topological polar surface area (TPSA) is 96.0 Å². The van der Waals surface area contributed by atoms with E-state index in [1.165, 1.54) is 19.2 Å². The molecule has 1 aliphatic rings. The van der Waals surface area contributed by atoms with Crippen molar-refractivity contribution in [1.82, 2.24) is 9.21 Å². The third-order valence-corrected chi connectivity index (χ3v) is 8.12. The normalized spacial score (nSPS) is 14.7. The van der Waals surface area contributed by atoms with E-state index >= 15 is 0 Å². The Labute approximate surface area is 180 Å². The quantitative estimate of drug-likeness (QED) is 0.726. The molecule has 1 aromatic carbocycles. The Morgan fingerprint density at radius 1 is 1.17 bits per heavy atom. The van der Waals surface area contributed by atoms with Crippen LogP contribution in [0.5, 0.6) is 0 Å². The number of nitrogens with one attached hydrogen (secondary N) is 1. The molecule has 3 rings (SSSR count). The Morgan fingerprint density at radius 2 is 1.87 bits per heavy atom. The summed E-state index contributed by atoms with van der Waals surface area (Å²) >= 11 is 0.912. The monoisotopic (exact) mass is 451 g/mol. The van der Waals surface area contributed by atoms with Crippen LogP contribution >= 0.6 is 11.3 Å². The lowest BCUT2D eigenvalue weighted by Crippen LogP contribution is -2.40. The second-order valence-electron chi connectivity index (χ2n) is 7.15. The number of hydrogen-bond acceptors (Lipinski definition) is 6. The molecule has 0 unspecified atom stereocenters. The van der Waals surface area contributed by atoms with Crippen molar-refractivity contribution in [1.29, 1.82) is 0 Å². The van der Waals surface area contributed by atoms with Crippen LogP contribution < -0.4 is 5.32 Å². The number of anilines is 1. The number of morpholine rings is 1. The zero-order valence-corrected chi connectivity index (χ0v) is 18.8. The molecule has 30 heavy (non-hydrogen) atoms. The van der Waals surface area contributed by atoms with Crippen LogP contribution in [0.2, 0.25) is 0 Å². The Balaban J connectivity index is 1.66. The number of ether oxygens (including phenoxy) is 1. The fourth-order valence-corrected chi connectivity index (χ4v) is 5.69. The predicted octanol–water partition coefficient (Wildman–Crippen LogP) is 2.10. The molecular weight excluding hydrogens is 426 g/mol. The Hall–Kier alpha value is -2.27. The van der Waals surface area contributed by atoms with Crippen LogP contribution in [-0.2, 0) is 19.6 Å². The van der Waals surface area contributed by atoms with Crippen molar-refractivity contribution >= 4 is 38.9 Å².